The molecule has 0 saturated carbocycles. The van der Waals surface area contributed by atoms with Crippen molar-refractivity contribution in [2.24, 2.45) is 4.99 Å². The lowest BCUT2D eigenvalue weighted by Gasteiger charge is -2.11. The topological polar surface area (TPSA) is 74.2 Å². The molecule has 2 heterocycles. The third-order valence-electron chi connectivity index (χ3n) is 4.68. The Hall–Kier alpha value is -2.29. The van der Waals surface area contributed by atoms with Crippen molar-refractivity contribution in [3.05, 3.63) is 70.8 Å². The molecular formula is C22H30IN5O. The second-order valence-corrected chi connectivity index (χ2v) is 6.74. The van der Waals surface area contributed by atoms with Crippen LogP contribution in [0.25, 0.3) is 10.9 Å². The number of halogens is 1. The molecule has 0 unspecified atom stereocenters. The van der Waals surface area contributed by atoms with Crippen molar-refractivity contribution < 1.29 is 0 Å². The van der Waals surface area contributed by atoms with E-state index >= 15 is 0 Å². The third kappa shape index (κ3) is 6.92. The van der Waals surface area contributed by atoms with E-state index in [-0.39, 0.29) is 29.5 Å². The number of aliphatic imine (C=N–C) groups is 1. The Morgan fingerprint density at radius 2 is 1.93 bits per heavy atom. The predicted octanol–water partition coefficient (Wildman–Crippen LogP) is 3.53. The number of hydrogen-bond acceptors (Lipinski definition) is 2. The maximum Gasteiger partial charge on any atom is 0.250 e. The molecule has 3 rings (SSSR count). The zero-order valence-electron chi connectivity index (χ0n) is 16.9. The Morgan fingerprint density at radius 3 is 2.76 bits per heavy atom. The van der Waals surface area contributed by atoms with E-state index < -0.39 is 0 Å². The third-order valence-corrected chi connectivity index (χ3v) is 4.68. The monoisotopic (exact) mass is 507 g/mol. The Labute approximate surface area is 188 Å². The van der Waals surface area contributed by atoms with E-state index in [1.807, 2.05) is 18.3 Å². The molecule has 2 aromatic heterocycles. The first-order chi connectivity index (χ1) is 13.8. The lowest BCUT2D eigenvalue weighted by atomic mass is 10.1. The zero-order chi connectivity index (χ0) is 19.6. The standard InChI is InChI=1S/C22H29N5O.HI/c1-2-23-22(24-13-6-8-16-27-15-7-5-11-21(27)28)25-14-12-18-17-26-20-10-4-3-9-19(18)20;/h3-5,7,9-11,15,17,26H,2,6,8,12-14,16H2,1H3,(H2,23,24,25);1H. The Morgan fingerprint density at radius 1 is 1.10 bits per heavy atom. The Bertz CT molecular complexity index is 963. The van der Waals surface area contributed by atoms with Crippen molar-refractivity contribution in [3.8, 4) is 0 Å². The minimum atomic E-state index is 0. The summed E-state index contributed by atoms with van der Waals surface area (Å²) in [6.45, 7) is 5.20. The molecule has 0 bridgehead atoms. The van der Waals surface area contributed by atoms with Gasteiger partial charge in [0.1, 0.15) is 0 Å². The minimum absolute atomic E-state index is 0. The fraction of sp³-hybridized carbons (Fsp3) is 0.364. The van der Waals surface area contributed by atoms with Crippen molar-refractivity contribution in [1.29, 1.82) is 0 Å². The number of H-pyrrole nitrogens is 1. The highest BCUT2D eigenvalue weighted by molar-refractivity contribution is 14.0. The van der Waals surface area contributed by atoms with Crippen LogP contribution in [0.3, 0.4) is 0 Å². The number of hydrogen-bond donors (Lipinski definition) is 3. The lowest BCUT2D eigenvalue weighted by molar-refractivity contribution is 0.597. The van der Waals surface area contributed by atoms with Gasteiger partial charge in [-0.25, -0.2) is 0 Å². The number of rotatable bonds is 9. The van der Waals surface area contributed by atoms with Gasteiger partial charge < -0.3 is 20.2 Å². The van der Waals surface area contributed by atoms with E-state index in [9.17, 15) is 4.79 Å². The van der Waals surface area contributed by atoms with Crippen molar-refractivity contribution in [2.75, 3.05) is 19.6 Å². The van der Waals surface area contributed by atoms with E-state index in [0.29, 0.717) is 0 Å². The average Bonchev–Trinajstić information content (AvgIpc) is 3.12. The number of aromatic nitrogens is 2. The van der Waals surface area contributed by atoms with Crippen LogP contribution >= 0.6 is 24.0 Å². The van der Waals surface area contributed by atoms with Crippen molar-refractivity contribution >= 4 is 40.8 Å². The van der Waals surface area contributed by atoms with Crippen LogP contribution in [-0.2, 0) is 13.0 Å². The van der Waals surface area contributed by atoms with Crippen LogP contribution in [0.15, 0.2) is 64.6 Å². The van der Waals surface area contributed by atoms with Crippen LogP contribution in [0.4, 0.5) is 0 Å². The molecule has 0 atom stereocenters. The molecule has 0 aliphatic rings. The average molecular weight is 507 g/mol. The summed E-state index contributed by atoms with van der Waals surface area (Å²) in [7, 11) is 0. The number of aryl methyl sites for hydroxylation is 1. The fourth-order valence-corrected chi connectivity index (χ4v) is 3.23. The molecule has 0 saturated heterocycles. The molecule has 6 nitrogen and oxygen atoms in total. The number of guanidine groups is 1. The van der Waals surface area contributed by atoms with Gasteiger partial charge in [0.2, 0.25) is 5.56 Å². The van der Waals surface area contributed by atoms with E-state index in [0.717, 1.165) is 51.4 Å². The molecular weight excluding hydrogens is 477 g/mol. The quantitative estimate of drug-likeness (QED) is 0.180. The van der Waals surface area contributed by atoms with Gasteiger partial charge in [0.25, 0.3) is 0 Å². The molecule has 0 aliphatic carbocycles. The van der Waals surface area contributed by atoms with Crippen molar-refractivity contribution in [2.45, 2.75) is 32.7 Å². The maximum absolute atomic E-state index is 11.7. The number of benzene rings is 1. The normalized spacial score (nSPS) is 11.3. The van der Waals surface area contributed by atoms with Gasteiger partial charge in [-0.3, -0.25) is 9.79 Å². The van der Waals surface area contributed by atoms with Gasteiger partial charge in [-0.15, -0.1) is 24.0 Å². The van der Waals surface area contributed by atoms with Crippen LogP contribution in [-0.4, -0.2) is 35.1 Å². The number of pyridine rings is 1. The van der Waals surface area contributed by atoms with E-state index in [1.165, 1.54) is 16.5 Å². The highest BCUT2D eigenvalue weighted by atomic mass is 127. The molecule has 29 heavy (non-hydrogen) atoms. The fourth-order valence-electron chi connectivity index (χ4n) is 3.23. The summed E-state index contributed by atoms with van der Waals surface area (Å²) in [5, 5.41) is 7.98. The summed E-state index contributed by atoms with van der Waals surface area (Å²) in [6, 6.07) is 13.6. The van der Waals surface area contributed by atoms with Gasteiger partial charge >= 0.3 is 0 Å². The van der Waals surface area contributed by atoms with Crippen LogP contribution in [0.2, 0.25) is 0 Å². The first kappa shape index (κ1) is 23.0. The summed E-state index contributed by atoms with van der Waals surface area (Å²) in [6.07, 6.45) is 6.73. The highest BCUT2D eigenvalue weighted by Gasteiger charge is 2.03. The number of fused-ring (bicyclic) bond motifs is 1. The van der Waals surface area contributed by atoms with E-state index in [4.69, 9.17) is 0 Å². The Balaban J connectivity index is 0.00000300. The molecule has 156 valence electrons. The molecule has 0 amide bonds. The van der Waals surface area contributed by atoms with Crippen LogP contribution in [0.5, 0.6) is 0 Å². The second-order valence-electron chi connectivity index (χ2n) is 6.74. The van der Waals surface area contributed by atoms with E-state index in [2.05, 4.69) is 51.9 Å². The molecule has 7 heteroatoms. The predicted molar refractivity (Wildman–Crippen MR) is 131 cm³/mol. The summed E-state index contributed by atoms with van der Waals surface area (Å²) < 4.78 is 1.74. The van der Waals surface area contributed by atoms with Gasteiger partial charge in [-0.1, -0.05) is 24.3 Å². The minimum Gasteiger partial charge on any atom is -0.361 e. The molecule has 0 aliphatic heterocycles. The summed E-state index contributed by atoms with van der Waals surface area (Å²) in [5.41, 5.74) is 2.54. The number of nitrogens with zero attached hydrogens (tertiary/aromatic N) is 2. The van der Waals surface area contributed by atoms with Gasteiger partial charge in [0.05, 0.1) is 0 Å². The Kier molecular flexibility index (Phi) is 9.76. The molecule has 1 aromatic carbocycles. The molecule has 0 fully saturated rings. The highest BCUT2D eigenvalue weighted by Crippen LogP contribution is 2.17. The van der Waals surface area contributed by atoms with Gasteiger partial charge in [0.15, 0.2) is 5.96 Å². The molecule has 3 N–H and O–H groups in total. The first-order valence-corrected chi connectivity index (χ1v) is 10.0. The van der Waals surface area contributed by atoms with E-state index in [1.54, 1.807) is 16.7 Å². The summed E-state index contributed by atoms with van der Waals surface area (Å²) >= 11 is 0. The van der Waals surface area contributed by atoms with Gasteiger partial charge in [-0.2, -0.15) is 0 Å². The first-order valence-electron chi connectivity index (χ1n) is 10.0. The zero-order valence-corrected chi connectivity index (χ0v) is 19.2. The van der Waals surface area contributed by atoms with Crippen LogP contribution < -0.4 is 16.2 Å². The largest absolute Gasteiger partial charge is 0.361 e. The summed E-state index contributed by atoms with van der Waals surface area (Å²) in [5.74, 6) is 0.846. The second kappa shape index (κ2) is 12.3. The molecule has 0 spiro atoms. The number of aromatic amines is 1. The SMILES string of the molecule is CCNC(=NCCCCn1ccccc1=O)NCCc1c[nH]c2ccccc12.I. The van der Waals surface area contributed by atoms with Crippen molar-refractivity contribution in [3.63, 3.8) is 0 Å². The van der Waals surface area contributed by atoms with Crippen molar-refractivity contribution in [1.82, 2.24) is 20.2 Å². The number of nitrogens with one attached hydrogen (secondary N) is 3. The lowest BCUT2D eigenvalue weighted by Crippen LogP contribution is -2.38. The summed E-state index contributed by atoms with van der Waals surface area (Å²) in [4.78, 5) is 19.7. The molecule has 3 aromatic rings. The maximum atomic E-state index is 11.7. The number of para-hydroxylation sites is 1. The van der Waals surface area contributed by atoms with Gasteiger partial charge in [-0.05, 0) is 43.9 Å². The van der Waals surface area contributed by atoms with Gasteiger partial charge in [0, 0.05) is 55.5 Å². The molecule has 0 radical (unpaired) electrons. The van der Waals surface area contributed by atoms with Crippen LogP contribution in [0, 0.1) is 0 Å². The van der Waals surface area contributed by atoms with Crippen LogP contribution in [0.1, 0.15) is 25.3 Å². The smallest absolute Gasteiger partial charge is 0.250 e. The number of unbranched alkanes of at least 4 members (excludes halogenated alkanes) is 1.